The number of unbranched alkanes of at least 4 members (excludes halogenated alkanes) is 1. The van der Waals surface area contributed by atoms with Crippen molar-refractivity contribution >= 4 is 13.8 Å². The Morgan fingerprint density at radius 1 is 1.22 bits per heavy atom. The lowest BCUT2D eigenvalue weighted by atomic mass is 9.73. The highest BCUT2D eigenvalue weighted by molar-refractivity contribution is 6.08. The number of hydrogen-bond acceptors (Lipinski definition) is 3. The molecule has 0 amide bonds. The van der Waals surface area contributed by atoms with Crippen molar-refractivity contribution in [2.45, 2.75) is 75.4 Å². The zero-order valence-corrected chi connectivity index (χ0v) is 16.0. The summed E-state index contributed by atoms with van der Waals surface area (Å²) in [6, 6.07) is 4.57. The average Bonchev–Trinajstić information content (AvgIpc) is 2.86. The number of aliphatic carboxylic acids is 1. The number of nitrogens with zero attached hydrogens (tertiary/aromatic N) is 1. The quantitative estimate of drug-likeness (QED) is 0.539. The van der Waals surface area contributed by atoms with Crippen LogP contribution in [0.2, 0.25) is 6.32 Å². The van der Waals surface area contributed by atoms with E-state index >= 15 is 0 Å². The standard InChI is InChI=1S/C20H29BF2N2O2/c21-8-2-1-7-20(24,19(26)27)14-10-15-4-5-16(11-14)25(15)12-13-3-6-17(22)18(23)9-13/h3,6,9,14-16H,1-2,4-5,7-8,10-12,21,24H2,(H,26,27). The van der Waals surface area contributed by atoms with E-state index in [1.54, 1.807) is 6.07 Å². The minimum Gasteiger partial charge on any atom is -0.480 e. The molecule has 2 heterocycles. The van der Waals surface area contributed by atoms with Crippen LogP contribution < -0.4 is 5.73 Å². The van der Waals surface area contributed by atoms with Crippen molar-refractivity contribution in [2.75, 3.05) is 0 Å². The number of benzene rings is 1. The minimum absolute atomic E-state index is 0.0365. The minimum atomic E-state index is -1.16. The van der Waals surface area contributed by atoms with Crippen LogP contribution in [0, 0.1) is 17.6 Å². The largest absolute Gasteiger partial charge is 0.480 e. The van der Waals surface area contributed by atoms with Gasteiger partial charge in [0.2, 0.25) is 0 Å². The Balaban J connectivity index is 1.70. The first kappa shape index (κ1) is 20.3. The van der Waals surface area contributed by atoms with Gasteiger partial charge in [0.1, 0.15) is 13.4 Å². The van der Waals surface area contributed by atoms with Crippen LogP contribution in [-0.4, -0.2) is 41.4 Å². The number of carbonyl (C=O) groups is 1. The predicted molar refractivity (Wildman–Crippen MR) is 103 cm³/mol. The molecule has 7 heteroatoms. The van der Waals surface area contributed by atoms with Gasteiger partial charge in [0, 0.05) is 18.6 Å². The summed E-state index contributed by atoms with van der Waals surface area (Å²) in [5.41, 5.74) is 6.03. The highest BCUT2D eigenvalue weighted by atomic mass is 19.2. The summed E-state index contributed by atoms with van der Waals surface area (Å²) in [6.07, 6.45) is 6.92. The van der Waals surface area contributed by atoms with Crippen molar-refractivity contribution in [3.8, 4) is 0 Å². The zero-order chi connectivity index (χ0) is 19.6. The third kappa shape index (κ3) is 4.19. The number of fused-ring (bicyclic) bond motifs is 2. The summed E-state index contributed by atoms with van der Waals surface area (Å²) in [7, 11) is 2.09. The molecule has 2 aliphatic rings. The van der Waals surface area contributed by atoms with E-state index in [1.165, 1.54) is 12.1 Å². The molecular weight excluding hydrogens is 349 g/mol. The van der Waals surface area contributed by atoms with Crippen LogP contribution in [-0.2, 0) is 11.3 Å². The molecule has 0 radical (unpaired) electrons. The predicted octanol–water partition coefficient (Wildman–Crippen LogP) is 2.71. The summed E-state index contributed by atoms with van der Waals surface area (Å²) >= 11 is 0. The molecule has 2 fully saturated rings. The normalized spacial score (nSPS) is 27.4. The van der Waals surface area contributed by atoms with Crippen LogP contribution in [0.1, 0.15) is 50.5 Å². The maximum absolute atomic E-state index is 13.5. The van der Waals surface area contributed by atoms with E-state index in [1.807, 2.05) is 0 Å². The smallest absolute Gasteiger partial charge is 0.323 e. The van der Waals surface area contributed by atoms with Crippen molar-refractivity contribution in [3.63, 3.8) is 0 Å². The van der Waals surface area contributed by atoms with Gasteiger partial charge < -0.3 is 10.8 Å². The van der Waals surface area contributed by atoms with E-state index in [4.69, 9.17) is 5.73 Å². The fourth-order valence-electron chi connectivity index (χ4n) is 4.95. The molecular formula is C20H29BF2N2O2. The molecule has 3 rings (SSSR count). The third-order valence-electron chi connectivity index (χ3n) is 6.55. The van der Waals surface area contributed by atoms with E-state index in [0.717, 1.165) is 50.4 Å². The van der Waals surface area contributed by atoms with Gasteiger partial charge in [-0.25, -0.2) is 8.78 Å². The van der Waals surface area contributed by atoms with Crippen LogP contribution in [0.4, 0.5) is 8.78 Å². The Labute approximate surface area is 160 Å². The van der Waals surface area contributed by atoms with E-state index in [2.05, 4.69) is 12.7 Å². The lowest BCUT2D eigenvalue weighted by Crippen LogP contribution is -2.58. The van der Waals surface area contributed by atoms with Crippen molar-refractivity contribution in [1.29, 1.82) is 0 Å². The van der Waals surface area contributed by atoms with E-state index in [9.17, 15) is 18.7 Å². The SMILES string of the molecule is BCCCCC(N)(C(=O)O)C1CC2CCC(C1)N2Cc1ccc(F)c(F)c1. The van der Waals surface area contributed by atoms with Gasteiger partial charge >= 0.3 is 5.97 Å². The Morgan fingerprint density at radius 3 is 2.44 bits per heavy atom. The second-order valence-corrected chi connectivity index (χ2v) is 8.28. The van der Waals surface area contributed by atoms with Crippen molar-refractivity contribution in [1.82, 2.24) is 4.90 Å². The number of halogens is 2. The maximum atomic E-state index is 13.5. The molecule has 0 spiro atoms. The van der Waals surface area contributed by atoms with Gasteiger partial charge in [0.15, 0.2) is 11.6 Å². The summed E-state index contributed by atoms with van der Waals surface area (Å²) in [5, 5.41) is 9.82. The molecule has 2 bridgehead atoms. The topological polar surface area (TPSA) is 66.6 Å². The molecule has 148 valence electrons. The number of hydrogen-bond donors (Lipinski definition) is 2. The molecule has 1 aromatic rings. The molecule has 0 aliphatic carbocycles. The van der Waals surface area contributed by atoms with Crippen molar-refractivity contribution in [3.05, 3.63) is 35.4 Å². The molecule has 2 aliphatic heterocycles. The average molecular weight is 378 g/mol. The fraction of sp³-hybridized carbons (Fsp3) is 0.650. The fourth-order valence-corrected chi connectivity index (χ4v) is 4.95. The van der Waals surface area contributed by atoms with Gasteiger partial charge in [-0.15, -0.1) is 0 Å². The molecule has 0 aromatic heterocycles. The van der Waals surface area contributed by atoms with Gasteiger partial charge in [-0.1, -0.05) is 25.2 Å². The van der Waals surface area contributed by atoms with Gasteiger partial charge in [0.25, 0.3) is 0 Å². The molecule has 3 atom stereocenters. The van der Waals surface area contributed by atoms with Crippen LogP contribution in [0.25, 0.3) is 0 Å². The number of piperidine rings is 1. The lowest BCUT2D eigenvalue weighted by Gasteiger charge is -2.44. The van der Waals surface area contributed by atoms with Crippen molar-refractivity contribution in [2.24, 2.45) is 11.7 Å². The lowest BCUT2D eigenvalue weighted by molar-refractivity contribution is -0.147. The van der Waals surface area contributed by atoms with E-state index in [0.29, 0.717) is 13.0 Å². The third-order valence-corrected chi connectivity index (χ3v) is 6.55. The second kappa shape index (κ2) is 8.27. The highest BCUT2D eigenvalue weighted by Crippen LogP contribution is 2.44. The number of nitrogens with two attached hydrogens (primary N) is 1. The zero-order valence-electron chi connectivity index (χ0n) is 16.0. The molecule has 27 heavy (non-hydrogen) atoms. The number of carboxylic acids is 1. The molecule has 4 nitrogen and oxygen atoms in total. The van der Waals surface area contributed by atoms with Gasteiger partial charge in [-0.05, 0) is 55.7 Å². The van der Waals surface area contributed by atoms with E-state index < -0.39 is 23.1 Å². The Hall–Kier alpha value is -1.47. The van der Waals surface area contributed by atoms with Crippen LogP contribution >= 0.6 is 0 Å². The van der Waals surface area contributed by atoms with E-state index in [-0.39, 0.29) is 18.0 Å². The Kier molecular flexibility index (Phi) is 6.21. The Morgan fingerprint density at radius 2 is 1.89 bits per heavy atom. The van der Waals surface area contributed by atoms with Crippen molar-refractivity contribution < 1.29 is 18.7 Å². The first-order valence-electron chi connectivity index (χ1n) is 10.1. The van der Waals surface area contributed by atoms with Gasteiger partial charge in [0.05, 0.1) is 0 Å². The first-order valence-corrected chi connectivity index (χ1v) is 10.1. The molecule has 2 saturated heterocycles. The first-order chi connectivity index (χ1) is 12.8. The highest BCUT2D eigenvalue weighted by Gasteiger charge is 2.50. The Bertz CT molecular complexity index is 676. The monoisotopic (exact) mass is 378 g/mol. The second-order valence-electron chi connectivity index (χ2n) is 8.28. The summed E-state index contributed by atoms with van der Waals surface area (Å²) in [4.78, 5) is 14.3. The summed E-state index contributed by atoms with van der Waals surface area (Å²) < 4.78 is 26.7. The molecule has 3 N–H and O–H groups in total. The molecule has 3 unspecified atom stereocenters. The molecule has 0 saturated carbocycles. The summed E-state index contributed by atoms with van der Waals surface area (Å²) in [5.74, 6) is -2.58. The van der Waals surface area contributed by atoms with Gasteiger partial charge in [-0.2, -0.15) is 0 Å². The number of carboxylic acid groups (broad SMARTS) is 1. The summed E-state index contributed by atoms with van der Waals surface area (Å²) in [6.45, 7) is 0.569. The number of rotatable bonds is 8. The van der Waals surface area contributed by atoms with Crippen LogP contribution in [0.3, 0.4) is 0 Å². The van der Waals surface area contributed by atoms with Crippen LogP contribution in [0.5, 0.6) is 0 Å². The van der Waals surface area contributed by atoms with Crippen LogP contribution in [0.15, 0.2) is 18.2 Å². The molecule has 1 aromatic carbocycles. The van der Waals surface area contributed by atoms with Gasteiger partial charge in [-0.3, -0.25) is 9.69 Å². The maximum Gasteiger partial charge on any atom is 0.323 e.